The molecule has 1 saturated carbocycles. The Morgan fingerprint density at radius 1 is 1.33 bits per heavy atom. The van der Waals surface area contributed by atoms with Crippen LogP contribution in [0.5, 0.6) is 0 Å². The molecule has 3 nitrogen and oxygen atoms in total. The SMILES string of the molecule is NC(Cc1ccn(C2CCCCC2)n1)C(F)(F)F. The molecule has 0 aliphatic heterocycles. The van der Waals surface area contributed by atoms with Gasteiger partial charge >= 0.3 is 6.18 Å². The molecule has 1 unspecified atom stereocenters. The minimum atomic E-state index is -4.35. The summed E-state index contributed by atoms with van der Waals surface area (Å²) >= 11 is 0. The predicted molar refractivity (Wildman–Crippen MR) is 62.1 cm³/mol. The predicted octanol–water partition coefficient (Wildman–Crippen LogP) is 2.82. The van der Waals surface area contributed by atoms with Crippen LogP contribution < -0.4 is 5.73 Å². The van der Waals surface area contributed by atoms with Gasteiger partial charge in [-0.25, -0.2) is 0 Å². The first-order valence-electron chi connectivity index (χ1n) is 6.33. The number of halogens is 3. The third-order valence-electron chi connectivity index (χ3n) is 3.46. The molecule has 1 aromatic rings. The summed E-state index contributed by atoms with van der Waals surface area (Å²) in [5.41, 5.74) is 5.52. The van der Waals surface area contributed by atoms with Gasteiger partial charge in [0.1, 0.15) is 6.04 Å². The lowest BCUT2D eigenvalue weighted by Crippen LogP contribution is -2.39. The largest absolute Gasteiger partial charge is 0.404 e. The lowest BCUT2D eigenvalue weighted by atomic mass is 9.96. The third-order valence-corrected chi connectivity index (χ3v) is 3.46. The van der Waals surface area contributed by atoms with E-state index in [1.54, 1.807) is 16.9 Å². The monoisotopic (exact) mass is 261 g/mol. The molecule has 1 aromatic heterocycles. The Bertz CT molecular complexity index is 380. The van der Waals surface area contributed by atoms with Gasteiger partial charge in [-0.2, -0.15) is 18.3 Å². The molecule has 2 rings (SSSR count). The number of alkyl halides is 3. The summed E-state index contributed by atoms with van der Waals surface area (Å²) in [5.74, 6) is 0. The van der Waals surface area contributed by atoms with Crippen molar-refractivity contribution in [3.63, 3.8) is 0 Å². The van der Waals surface area contributed by atoms with Crippen molar-refractivity contribution in [1.29, 1.82) is 0 Å². The Morgan fingerprint density at radius 3 is 2.61 bits per heavy atom. The van der Waals surface area contributed by atoms with Gasteiger partial charge in [-0.1, -0.05) is 19.3 Å². The zero-order valence-corrected chi connectivity index (χ0v) is 10.2. The molecule has 18 heavy (non-hydrogen) atoms. The van der Waals surface area contributed by atoms with Crippen LogP contribution >= 0.6 is 0 Å². The molecule has 6 heteroatoms. The molecule has 0 amide bonds. The van der Waals surface area contributed by atoms with E-state index < -0.39 is 12.2 Å². The van der Waals surface area contributed by atoms with Gasteiger partial charge in [-0.3, -0.25) is 4.68 Å². The molecule has 0 radical (unpaired) electrons. The molecule has 1 aliphatic carbocycles. The van der Waals surface area contributed by atoms with Gasteiger partial charge in [0.2, 0.25) is 0 Å². The average molecular weight is 261 g/mol. The molecule has 1 atom stereocenters. The fourth-order valence-electron chi connectivity index (χ4n) is 2.38. The van der Waals surface area contributed by atoms with Crippen molar-refractivity contribution in [2.75, 3.05) is 0 Å². The van der Waals surface area contributed by atoms with Crippen LogP contribution in [0.15, 0.2) is 12.3 Å². The van der Waals surface area contributed by atoms with Gasteiger partial charge < -0.3 is 5.73 Å². The average Bonchev–Trinajstić information content (AvgIpc) is 2.77. The van der Waals surface area contributed by atoms with E-state index in [0.717, 1.165) is 12.8 Å². The molecule has 102 valence electrons. The Hall–Kier alpha value is -1.04. The number of nitrogens with two attached hydrogens (primary N) is 1. The van der Waals surface area contributed by atoms with Gasteiger partial charge in [-0.15, -0.1) is 0 Å². The van der Waals surface area contributed by atoms with Gasteiger partial charge in [0.15, 0.2) is 0 Å². The topological polar surface area (TPSA) is 43.8 Å². The van der Waals surface area contributed by atoms with Crippen LogP contribution in [-0.2, 0) is 6.42 Å². The minimum Gasteiger partial charge on any atom is -0.320 e. The fraction of sp³-hybridized carbons (Fsp3) is 0.750. The van der Waals surface area contributed by atoms with Crippen LogP contribution in [0.3, 0.4) is 0 Å². The van der Waals surface area contributed by atoms with E-state index in [4.69, 9.17) is 5.73 Å². The summed E-state index contributed by atoms with van der Waals surface area (Å²) in [6.45, 7) is 0. The summed E-state index contributed by atoms with van der Waals surface area (Å²) < 4.78 is 38.8. The molecular weight excluding hydrogens is 243 g/mol. The Kier molecular flexibility index (Phi) is 3.94. The van der Waals surface area contributed by atoms with E-state index in [-0.39, 0.29) is 6.42 Å². The lowest BCUT2D eigenvalue weighted by Gasteiger charge is -2.22. The van der Waals surface area contributed by atoms with Crippen molar-refractivity contribution in [2.24, 2.45) is 5.73 Å². The van der Waals surface area contributed by atoms with E-state index in [9.17, 15) is 13.2 Å². The first-order chi connectivity index (χ1) is 8.47. The zero-order chi connectivity index (χ0) is 13.2. The molecule has 0 aromatic carbocycles. The van der Waals surface area contributed by atoms with E-state index in [0.29, 0.717) is 11.7 Å². The van der Waals surface area contributed by atoms with Crippen molar-refractivity contribution in [3.8, 4) is 0 Å². The van der Waals surface area contributed by atoms with Crippen molar-refractivity contribution in [2.45, 2.75) is 56.8 Å². The summed E-state index contributed by atoms with van der Waals surface area (Å²) in [4.78, 5) is 0. The van der Waals surface area contributed by atoms with Crippen LogP contribution in [0.25, 0.3) is 0 Å². The maximum absolute atomic E-state index is 12.3. The molecule has 2 N–H and O–H groups in total. The highest BCUT2D eigenvalue weighted by atomic mass is 19.4. The second-order valence-corrected chi connectivity index (χ2v) is 4.93. The Morgan fingerprint density at radius 2 is 2.00 bits per heavy atom. The first kappa shape index (κ1) is 13.4. The molecule has 0 saturated heterocycles. The Balaban J connectivity index is 1.97. The van der Waals surface area contributed by atoms with Gasteiger partial charge in [-0.05, 0) is 18.9 Å². The summed E-state index contributed by atoms with van der Waals surface area (Å²) in [6, 6.07) is 0.155. The van der Waals surface area contributed by atoms with Crippen molar-refractivity contribution in [3.05, 3.63) is 18.0 Å². The van der Waals surface area contributed by atoms with Crippen LogP contribution in [-0.4, -0.2) is 22.0 Å². The Labute approximate surface area is 104 Å². The molecule has 1 heterocycles. The number of nitrogens with zero attached hydrogens (tertiary/aromatic N) is 2. The third kappa shape index (κ3) is 3.25. The smallest absolute Gasteiger partial charge is 0.320 e. The van der Waals surface area contributed by atoms with Crippen LogP contribution in [0.1, 0.15) is 43.8 Å². The van der Waals surface area contributed by atoms with E-state index in [1.807, 2.05) is 0 Å². The maximum atomic E-state index is 12.3. The van der Waals surface area contributed by atoms with Crippen LogP contribution in [0.4, 0.5) is 13.2 Å². The summed E-state index contributed by atoms with van der Waals surface area (Å²) in [5, 5.41) is 4.22. The summed E-state index contributed by atoms with van der Waals surface area (Å²) in [7, 11) is 0. The van der Waals surface area contributed by atoms with Gasteiger partial charge in [0.25, 0.3) is 0 Å². The fourth-order valence-corrected chi connectivity index (χ4v) is 2.38. The quantitative estimate of drug-likeness (QED) is 0.909. The van der Waals surface area contributed by atoms with Crippen molar-refractivity contribution in [1.82, 2.24) is 9.78 Å². The van der Waals surface area contributed by atoms with E-state index >= 15 is 0 Å². The van der Waals surface area contributed by atoms with Crippen LogP contribution in [0.2, 0.25) is 0 Å². The highest BCUT2D eigenvalue weighted by Crippen LogP contribution is 2.28. The second-order valence-electron chi connectivity index (χ2n) is 4.93. The zero-order valence-electron chi connectivity index (χ0n) is 10.2. The molecule has 0 bridgehead atoms. The molecule has 0 spiro atoms. The molecular formula is C12H18F3N3. The lowest BCUT2D eigenvalue weighted by molar-refractivity contribution is -0.147. The molecule has 1 aliphatic rings. The van der Waals surface area contributed by atoms with Crippen LogP contribution in [0, 0.1) is 0 Å². The standard InChI is InChI=1S/C12H18F3N3/c13-12(14,15)11(16)8-9-6-7-18(17-9)10-4-2-1-3-5-10/h6-7,10-11H,1-5,8,16H2. The first-order valence-corrected chi connectivity index (χ1v) is 6.33. The normalized spacial score (nSPS) is 20.0. The number of hydrogen-bond donors (Lipinski definition) is 1. The van der Waals surface area contributed by atoms with Gasteiger partial charge in [0.05, 0.1) is 11.7 Å². The van der Waals surface area contributed by atoms with Crippen molar-refractivity contribution < 1.29 is 13.2 Å². The molecule has 1 fully saturated rings. The van der Waals surface area contributed by atoms with Crippen molar-refractivity contribution >= 4 is 0 Å². The minimum absolute atomic E-state index is 0.247. The highest BCUT2D eigenvalue weighted by molar-refractivity contribution is 5.03. The maximum Gasteiger partial charge on any atom is 0.404 e. The number of aromatic nitrogens is 2. The van der Waals surface area contributed by atoms with E-state index in [1.165, 1.54) is 19.3 Å². The number of hydrogen-bond acceptors (Lipinski definition) is 2. The second kappa shape index (κ2) is 5.30. The number of rotatable bonds is 3. The highest BCUT2D eigenvalue weighted by Gasteiger charge is 2.37. The summed E-state index contributed by atoms with van der Waals surface area (Å²) in [6.07, 6.45) is 2.87. The van der Waals surface area contributed by atoms with E-state index in [2.05, 4.69) is 5.10 Å². The van der Waals surface area contributed by atoms with Gasteiger partial charge in [0, 0.05) is 12.6 Å².